The summed E-state index contributed by atoms with van der Waals surface area (Å²) in [6, 6.07) is 6.00. The molecule has 1 atom stereocenters. The van der Waals surface area contributed by atoms with Crippen molar-refractivity contribution < 1.29 is 27.9 Å². The van der Waals surface area contributed by atoms with Crippen molar-refractivity contribution in [2.45, 2.75) is 56.3 Å². The molecule has 0 radical (unpaired) electrons. The average Bonchev–Trinajstić information content (AvgIpc) is 3.31. The molecule has 2 aromatic rings. The lowest BCUT2D eigenvalue weighted by Gasteiger charge is -2.34. The van der Waals surface area contributed by atoms with E-state index in [0.717, 1.165) is 56.8 Å². The normalized spacial score (nSPS) is 23.1. The van der Waals surface area contributed by atoms with Gasteiger partial charge in [0.1, 0.15) is 11.4 Å². The number of amides is 2. The zero-order chi connectivity index (χ0) is 25.0. The van der Waals surface area contributed by atoms with Crippen LogP contribution in [0.3, 0.4) is 0 Å². The van der Waals surface area contributed by atoms with Crippen molar-refractivity contribution in [1.29, 1.82) is 0 Å². The summed E-state index contributed by atoms with van der Waals surface area (Å²) in [7, 11) is 0. The number of halogens is 3. The Bertz CT molecular complexity index is 1060. The number of benzene rings is 1. The molecule has 1 aromatic carbocycles. The zero-order valence-electron chi connectivity index (χ0n) is 19.1. The zero-order valence-corrected chi connectivity index (χ0v) is 19.1. The summed E-state index contributed by atoms with van der Waals surface area (Å²) in [6.07, 6.45) is 1.47. The van der Waals surface area contributed by atoms with E-state index in [9.17, 15) is 27.9 Å². The highest BCUT2D eigenvalue weighted by Crippen LogP contribution is 2.37. The molecule has 1 aliphatic carbocycles. The van der Waals surface area contributed by atoms with E-state index in [1.54, 1.807) is 6.07 Å². The molecular weight excluding hydrogens is 463 g/mol. The highest BCUT2D eigenvalue weighted by Gasteiger charge is 2.33. The second-order valence-electron chi connectivity index (χ2n) is 9.12. The van der Waals surface area contributed by atoms with Gasteiger partial charge in [0.2, 0.25) is 5.91 Å². The summed E-state index contributed by atoms with van der Waals surface area (Å²) in [5, 5.41) is 23.3. The van der Waals surface area contributed by atoms with E-state index in [0.29, 0.717) is 18.3 Å². The first-order chi connectivity index (χ1) is 16.7. The van der Waals surface area contributed by atoms with Gasteiger partial charge in [-0.2, -0.15) is 23.4 Å². The molecule has 8 nitrogen and oxygen atoms in total. The van der Waals surface area contributed by atoms with Crippen LogP contribution < -0.4 is 10.6 Å². The smallest absolute Gasteiger partial charge is 0.416 e. The lowest BCUT2D eigenvalue weighted by molar-refractivity contribution is -0.137. The maximum absolute atomic E-state index is 12.8. The van der Waals surface area contributed by atoms with Gasteiger partial charge in [-0.25, -0.2) is 0 Å². The van der Waals surface area contributed by atoms with E-state index in [2.05, 4.69) is 25.7 Å². The second-order valence-corrected chi connectivity index (χ2v) is 9.12. The molecule has 1 saturated heterocycles. The Labute approximate surface area is 200 Å². The largest absolute Gasteiger partial charge is 0.506 e. The SMILES string of the molecule is O=C(CNC(=O)c1cccc(C(F)(F)F)c1)N[C@@H]1CCN(C2CCC(c3nnccc3O)CC2)C1. The van der Waals surface area contributed by atoms with Crippen LogP contribution >= 0.6 is 0 Å². The number of nitrogens with one attached hydrogen (secondary N) is 2. The molecule has 1 aliphatic heterocycles. The van der Waals surface area contributed by atoms with Gasteiger partial charge in [-0.15, -0.1) is 0 Å². The molecule has 1 saturated carbocycles. The van der Waals surface area contributed by atoms with Crippen molar-refractivity contribution in [3.8, 4) is 5.75 Å². The number of hydrogen-bond acceptors (Lipinski definition) is 6. The number of carbonyl (C=O) groups is 2. The third-order valence-electron chi connectivity index (χ3n) is 6.77. The van der Waals surface area contributed by atoms with Crippen molar-refractivity contribution in [2.24, 2.45) is 0 Å². The van der Waals surface area contributed by atoms with Gasteiger partial charge in [0.25, 0.3) is 5.91 Å². The molecule has 2 heterocycles. The Kier molecular flexibility index (Phi) is 7.54. The van der Waals surface area contributed by atoms with Crippen LogP contribution in [0.4, 0.5) is 13.2 Å². The van der Waals surface area contributed by atoms with Crippen LogP contribution in [0.15, 0.2) is 36.5 Å². The molecule has 2 amide bonds. The van der Waals surface area contributed by atoms with E-state index in [-0.39, 0.29) is 35.7 Å². The van der Waals surface area contributed by atoms with E-state index >= 15 is 0 Å². The highest BCUT2D eigenvalue weighted by molar-refractivity contribution is 5.96. The molecule has 188 valence electrons. The standard InChI is InChI=1S/C24H28F3N5O3/c25-24(26,27)17-3-1-2-16(12-17)23(35)28-13-21(34)30-18-9-11-32(14-18)19-6-4-15(5-7-19)22-20(33)8-10-29-31-22/h1-3,8,10,12,15,18-19H,4-7,9,11,13-14H2,(H,28,35)(H,29,33)(H,30,34)/t15?,18-,19?/m1/s1. The first kappa shape index (κ1) is 24.9. The first-order valence-corrected chi connectivity index (χ1v) is 11.7. The number of hydrogen-bond donors (Lipinski definition) is 3. The predicted molar refractivity (Wildman–Crippen MR) is 121 cm³/mol. The number of aromatic hydroxyl groups is 1. The summed E-state index contributed by atoms with van der Waals surface area (Å²) >= 11 is 0. The van der Waals surface area contributed by atoms with Gasteiger partial charge in [0, 0.05) is 42.7 Å². The van der Waals surface area contributed by atoms with E-state index in [1.807, 2.05) is 0 Å². The first-order valence-electron chi connectivity index (χ1n) is 11.7. The monoisotopic (exact) mass is 491 g/mol. The molecule has 11 heteroatoms. The maximum Gasteiger partial charge on any atom is 0.416 e. The quantitative estimate of drug-likeness (QED) is 0.574. The summed E-state index contributed by atoms with van der Waals surface area (Å²) in [5.41, 5.74) is -0.405. The van der Waals surface area contributed by atoms with Crippen LogP contribution in [0.2, 0.25) is 0 Å². The average molecular weight is 492 g/mol. The Morgan fingerprint density at radius 2 is 1.89 bits per heavy atom. The van der Waals surface area contributed by atoms with Gasteiger partial charge in [0.15, 0.2) is 0 Å². The van der Waals surface area contributed by atoms with Crippen LogP contribution in [0.5, 0.6) is 5.75 Å². The van der Waals surface area contributed by atoms with Crippen LogP contribution in [-0.4, -0.2) is 63.7 Å². The fraction of sp³-hybridized carbons (Fsp3) is 0.500. The Morgan fingerprint density at radius 3 is 2.60 bits per heavy atom. The molecule has 0 unspecified atom stereocenters. The fourth-order valence-electron chi connectivity index (χ4n) is 4.96. The van der Waals surface area contributed by atoms with Gasteiger partial charge < -0.3 is 15.7 Å². The van der Waals surface area contributed by atoms with Crippen molar-refractivity contribution in [2.75, 3.05) is 19.6 Å². The summed E-state index contributed by atoms with van der Waals surface area (Å²) in [5.74, 6) is -0.727. The van der Waals surface area contributed by atoms with Gasteiger partial charge in [-0.1, -0.05) is 6.07 Å². The van der Waals surface area contributed by atoms with Crippen molar-refractivity contribution in [3.63, 3.8) is 0 Å². The molecule has 1 aromatic heterocycles. The predicted octanol–water partition coefficient (Wildman–Crippen LogP) is 2.85. The second kappa shape index (κ2) is 10.6. The lowest BCUT2D eigenvalue weighted by atomic mass is 9.83. The van der Waals surface area contributed by atoms with Crippen molar-refractivity contribution in [3.05, 3.63) is 53.3 Å². The number of likely N-dealkylation sites (tertiary alicyclic amines) is 1. The molecule has 3 N–H and O–H groups in total. The minimum Gasteiger partial charge on any atom is -0.506 e. The molecule has 35 heavy (non-hydrogen) atoms. The maximum atomic E-state index is 12.8. The minimum atomic E-state index is -4.54. The molecule has 2 aliphatic rings. The number of aromatic nitrogens is 2. The van der Waals surface area contributed by atoms with Gasteiger partial charge in [-0.3, -0.25) is 14.5 Å². The molecule has 0 bridgehead atoms. The summed E-state index contributed by atoms with van der Waals surface area (Å²) in [6.45, 7) is 1.25. The molecule has 0 spiro atoms. The van der Waals surface area contributed by atoms with E-state index in [4.69, 9.17) is 0 Å². The van der Waals surface area contributed by atoms with Crippen LogP contribution in [0.1, 0.15) is 59.6 Å². The summed E-state index contributed by atoms with van der Waals surface area (Å²) in [4.78, 5) is 26.9. The lowest BCUT2D eigenvalue weighted by Crippen LogP contribution is -2.44. The molecule has 4 rings (SSSR count). The number of rotatable bonds is 6. The van der Waals surface area contributed by atoms with Gasteiger partial charge >= 0.3 is 6.18 Å². The number of nitrogens with zero attached hydrogens (tertiary/aromatic N) is 3. The number of alkyl halides is 3. The topological polar surface area (TPSA) is 107 Å². The molecule has 2 fully saturated rings. The van der Waals surface area contributed by atoms with Crippen LogP contribution in [0.25, 0.3) is 0 Å². The highest BCUT2D eigenvalue weighted by atomic mass is 19.4. The Hall–Kier alpha value is -3.21. The van der Waals surface area contributed by atoms with Gasteiger partial charge in [0.05, 0.1) is 18.3 Å². The fourth-order valence-corrected chi connectivity index (χ4v) is 4.96. The van der Waals surface area contributed by atoms with Crippen LogP contribution in [0, 0.1) is 0 Å². The Balaban J connectivity index is 1.20. The Morgan fingerprint density at radius 1 is 1.11 bits per heavy atom. The third kappa shape index (κ3) is 6.27. The number of carbonyl (C=O) groups excluding carboxylic acids is 2. The van der Waals surface area contributed by atoms with Gasteiger partial charge in [-0.05, 0) is 50.3 Å². The van der Waals surface area contributed by atoms with E-state index < -0.39 is 17.6 Å². The van der Waals surface area contributed by atoms with E-state index in [1.165, 1.54) is 12.3 Å². The minimum absolute atomic E-state index is 0.0466. The van der Waals surface area contributed by atoms with Crippen molar-refractivity contribution in [1.82, 2.24) is 25.7 Å². The van der Waals surface area contributed by atoms with Crippen LogP contribution in [-0.2, 0) is 11.0 Å². The third-order valence-corrected chi connectivity index (χ3v) is 6.77. The summed E-state index contributed by atoms with van der Waals surface area (Å²) < 4.78 is 38.5. The molecular formula is C24H28F3N5O3. The van der Waals surface area contributed by atoms with Crippen molar-refractivity contribution >= 4 is 11.8 Å².